The predicted molar refractivity (Wildman–Crippen MR) is 151 cm³/mol. The fraction of sp³-hybridized carbons (Fsp3) is 0.483. The van der Waals surface area contributed by atoms with Gasteiger partial charge in [-0.25, -0.2) is 13.6 Å². The molecule has 2 aromatic rings. The number of rotatable bonds is 9. The molecular weight excluding hydrogens is 527 g/mol. The van der Waals surface area contributed by atoms with E-state index in [-0.39, 0.29) is 29.8 Å². The lowest BCUT2D eigenvalue weighted by atomic mass is 9.66. The highest BCUT2D eigenvalue weighted by atomic mass is 35.5. The largest absolute Gasteiger partial charge is 0.331 e. The Bertz CT molecular complexity index is 1270. The molecule has 1 saturated heterocycles. The molecule has 1 aliphatic heterocycles. The standard InChI is InChI=1S/C29H36Cl2N2O3S/c1-5-13-28(4)17-24(21-7-6-8-23(31)16-21)26(20-9-11-22(30)12-10-20)33(27(28)34)25(19(2)3)18-29(14-15-29)37(32,35)36/h5-12,16,19,24-26H,1,13-15,17-18H2,2-4H3,(H2,32,35,36)/t24-,25+,26-,28+/m1/s1. The molecule has 4 atom stereocenters. The first kappa shape index (κ1) is 28.2. The molecule has 2 aromatic carbocycles. The zero-order chi connectivity index (χ0) is 27.2. The first-order chi connectivity index (χ1) is 17.3. The van der Waals surface area contributed by atoms with Crippen LogP contribution in [0.4, 0.5) is 0 Å². The minimum atomic E-state index is -3.76. The number of carbonyl (C=O) groups excluding carboxylic acids is 1. The van der Waals surface area contributed by atoms with Crippen LogP contribution in [0.3, 0.4) is 0 Å². The Balaban J connectivity index is 1.92. The van der Waals surface area contributed by atoms with Crippen molar-refractivity contribution >= 4 is 39.1 Å². The molecule has 2 fully saturated rings. The van der Waals surface area contributed by atoms with Crippen molar-refractivity contribution in [3.05, 3.63) is 82.4 Å². The first-order valence-corrected chi connectivity index (χ1v) is 15.1. The lowest BCUT2D eigenvalue weighted by molar-refractivity contribution is -0.156. The van der Waals surface area contributed by atoms with Crippen LogP contribution in [-0.4, -0.2) is 30.0 Å². The van der Waals surface area contributed by atoms with E-state index in [1.165, 1.54) is 0 Å². The van der Waals surface area contributed by atoms with Crippen LogP contribution >= 0.6 is 23.2 Å². The Morgan fingerprint density at radius 2 is 1.76 bits per heavy atom. The van der Waals surface area contributed by atoms with Crippen molar-refractivity contribution in [2.24, 2.45) is 16.5 Å². The Morgan fingerprint density at radius 1 is 1.11 bits per heavy atom. The smallest absolute Gasteiger partial charge is 0.229 e. The minimum Gasteiger partial charge on any atom is -0.331 e. The third-order valence-electron chi connectivity index (χ3n) is 8.30. The molecule has 0 bridgehead atoms. The average Bonchev–Trinajstić information content (AvgIpc) is 3.61. The van der Waals surface area contributed by atoms with Gasteiger partial charge < -0.3 is 4.90 Å². The average molecular weight is 564 g/mol. The van der Waals surface area contributed by atoms with E-state index in [0.717, 1.165) is 11.1 Å². The number of halogens is 2. The lowest BCUT2D eigenvalue weighted by Gasteiger charge is -2.53. The van der Waals surface area contributed by atoms with E-state index >= 15 is 0 Å². The summed E-state index contributed by atoms with van der Waals surface area (Å²) in [6, 6.07) is 14.7. The van der Waals surface area contributed by atoms with Crippen molar-refractivity contribution in [1.82, 2.24) is 4.90 Å². The second-order valence-electron chi connectivity index (χ2n) is 11.4. The number of primary sulfonamides is 1. The second-order valence-corrected chi connectivity index (χ2v) is 14.2. The van der Waals surface area contributed by atoms with Gasteiger partial charge in [-0.15, -0.1) is 6.58 Å². The fourth-order valence-corrected chi connectivity index (χ4v) is 7.43. The van der Waals surface area contributed by atoms with E-state index < -0.39 is 20.2 Å². The van der Waals surface area contributed by atoms with Crippen molar-refractivity contribution in [2.45, 2.75) is 75.6 Å². The first-order valence-electron chi connectivity index (χ1n) is 12.8. The lowest BCUT2D eigenvalue weighted by Crippen LogP contribution is -2.58. The topological polar surface area (TPSA) is 80.5 Å². The predicted octanol–water partition coefficient (Wildman–Crippen LogP) is 6.87. The molecule has 37 heavy (non-hydrogen) atoms. The van der Waals surface area contributed by atoms with Crippen molar-refractivity contribution in [2.75, 3.05) is 0 Å². The second kappa shape index (κ2) is 10.4. The number of likely N-dealkylation sites (tertiary alicyclic amines) is 1. The number of hydrogen-bond acceptors (Lipinski definition) is 3. The van der Waals surface area contributed by atoms with E-state index in [1.54, 1.807) is 6.08 Å². The number of amides is 1. The summed E-state index contributed by atoms with van der Waals surface area (Å²) in [5.41, 5.74) is 1.29. The third kappa shape index (κ3) is 5.49. The van der Waals surface area contributed by atoms with Crippen LogP contribution < -0.4 is 5.14 Å². The van der Waals surface area contributed by atoms with Crippen LogP contribution in [0.1, 0.15) is 76.0 Å². The van der Waals surface area contributed by atoms with Crippen molar-refractivity contribution in [1.29, 1.82) is 0 Å². The minimum absolute atomic E-state index is 0.00377. The summed E-state index contributed by atoms with van der Waals surface area (Å²) < 4.78 is 24.2. The summed E-state index contributed by atoms with van der Waals surface area (Å²) in [5, 5.41) is 6.96. The van der Waals surface area contributed by atoms with E-state index in [9.17, 15) is 13.2 Å². The number of hydrogen-bond donors (Lipinski definition) is 1. The van der Waals surface area contributed by atoms with Gasteiger partial charge in [-0.1, -0.05) is 74.3 Å². The Kier molecular flexibility index (Phi) is 7.89. The number of sulfonamides is 1. The molecule has 1 amide bonds. The number of nitrogens with zero attached hydrogens (tertiary/aromatic N) is 1. The molecule has 1 saturated carbocycles. The van der Waals surface area contributed by atoms with Gasteiger partial charge in [-0.05, 0) is 73.4 Å². The maximum atomic E-state index is 14.5. The van der Waals surface area contributed by atoms with Crippen molar-refractivity contribution in [3.63, 3.8) is 0 Å². The summed E-state index contributed by atoms with van der Waals surface area (Å²) in [4.78, 5) is 16.4. The maximum Gasteiger partial charge on any atom is 0.229 e. The number of carbonyl (C=O) groups is 1. The number of benzene rings is 2. The molecule has 1 aliphatic carbocycles. The zero-order valence-corrected chi connectivity index (χ0v) is 24.0. The molecule has 4 rings (SSSR count). The molecule has 2 N–H and O–H groups in total. The molecule has 0 aromatic heterocycles. The van der Waals surface area contributed by atoms with Crippen LogP contribution in [0.15, 0.2) is 61.2 Å². The SMILES string of the molecule is C=CC[C@@]1(C)C[C@H](c2cccc(Cl)c2)[C@@H](c2ccc(Cl)cc2)N([C@@H](CC2(S(N)(=O)=O)CC2)C(C)C)C1=O. The summed E-state index contributed by atoms with van der Waals surface area (Å²) in [6.45, 7) is 10.0. The molecule has 0 radical (unpaired) electrons. The fourth-order valence-electron chi connectivity index (χ4n) is 6.03. The van der Waals surface area contributed by atoms with Crippen molar-refractivity contribution < 1.29 is 13.2 Å². The Morgan fingerprint density at radius 3 is 2.27 bits per heavy atom. The molecule has 8 heteroatoms. The van der Waals surface area contributed by atoms with Gasteiger partial charge in [0.15, 0.2) is 0 Å². The van der Waals surface area contributed by atoms with E-state index in [4.69, 9.17) is 28.3 Å². The normalized spacial score (nSPS) is 26.2. The van der Waals surface area contributed by atoms with Gasteiger partial charge >= 0.3 is 0 Å². The third-order valence-corrected chi connectivity index (χ3v) is 10.6. The van der Waals surface area contributed by atoms with E-state index in [2.05, 4.69) is 12.6 Å². The Hall–Kier alpha value is -1.86. The molecule has 200 valence electrons. The number of allylic oxidation sites excluding steroid dienone is 1. The van der Waals surface area contributed by atoms with Gasteiger partial charge in [0, 0.05) is 22.0 Å². The highest BCUT2D eigenvalue weighted by molar-refractivity contribution is 7.90. The summed E-state index contributed by atoms with van der Waals surface area (Å²) in [6.07, 6.45) is 4.26. The van der Waals surface area contributed by atoms with Crippen LogP contribution in [0.25, 0.3) is 0 Å². The van der Waals surface area contributed by atoms with Gasteiger partial charge in [0.25, 0.3) is 0 Å². The monoisotopic (exact) mass is 562 g/mol. The van der Waals surface area contributed by atoms with E-state index in [0.29, 0.717) is 42.1 Å². The molecule has 5 nitrogen and oxygen atoms in total. The van der Waals surface area contributed by atoms with Gasteiger partial charge in [0.05, 0.1) is 16.2 Å². The van der Waals surface area contributed by atoms with Gasteiger partial charge in [-0.3, -0.25) is 4.79 Å². The van der Waals surface area contributed by atoms with Crippen LogP contribution in [0.2, 0.25) is 10.0 Å². The Labute approximate surface area is 231 Å². The maximum absolute atomic E-state index is 14.5. The molecular formula is C29H36Cl2N2O3S. The van der Waals surface area contributed by atoms with Crippen LogP contribution in [-0.2, 0) is 14.8 Å². The van der Waals surface area contributed by atoms with Crippen LogP contribution in [0, 0.1) is 11.3 Å². The van der Waals surface area contributed by atoms with Crippen molar-refractivity contribution in [3.8, 4) is 0 Å². The van der Waals surface area contributed by atoms with Gasteiger partial charge in [-0.2, -0.15) is 0 Å². The summed E-state index contributed by atoms with van der Waals surface area (Å²) in [7, 11) is -3.76. The van der Waals surface area contributed by atoms with Gasteiger partial charge in [0.2, 0.25) is 15.9 Å². The van der Waals surface area contributed by atoms with E-state index in [1.807, 2.05) is 68.1 Å². The highest BCUT2D eigenvalue weighted by Crippen LogP contribution is 2.55. The molecule has 0 spiro atoms. The number of piperidine rings is 1. The van der Waals surface area contributed by atoms with Crippen LogP contribution in [0.5, 0.6) is 0 Å². The zero-order valence-electron chi connectivity index (χ0n) is 21.7. The molecule has 0 unspecified atom stereocenters. The highest BCUT2D eigenvalue weighted by Gasteiger charge is 2.58. The summed E-state index contributed by atoms with van der Waals surface area (Å²) in [5.74, 6) is -0.0629. The van der Waals surface area contributed by atoms with Gasteiger partial charge in [0.1, 0.15) is 0 Å². The molecule has 2 aliphatic rings. The number of nitrogens with two attached hydrogens (primary N) is 1. The molecule has 1 heterocycles. The quantitative estimate of drug-likeness (QED) is 0.338. The summed E-state index contributed by atoms with van der Waals surface area (Å²) >= 11 is 12.7.